The first-order valence-corrected chi connectivity index (χ1v) is 9.52. The van der Waals surface area contributed by atoms with E-state index in [1.807, 2.05) is 0 Å². The predicted molar refractivity (Wildman–Crippen MR) is 105 cm³/mol. The van der Waals surface area contributed by atoms with Gasteiger partial charge in [0.1, 0.15) is 11.7 Å². The van der Waals surface area contributed by atoms with Crippen molar-refractivity contribution in [2.45, 2.75) is 31.0 Å². The highest BCUT2D eigenvalue weighted by molar-refractivity contribution is 6.12. The first kappa shape index (κ1) is 20.3. The number of carbonyl (C=O) groups excluding carboxylic acids is 1. The van der Waals surface area contributed by atoms with Gasteiger partial charge in [-0.2, -0.15) is 13.2 Å². The van der Waals surface area contributed by atoms with Crippen molar-refractivity contribution in [2.24, 2.45) is 4.99 Å². The van der Waals surface area contributed by atoms with E-state index in [9.17, 15) is 22.4 Å². The van der Waals surface area contributed by atoms with E-state index >= 15 is 0 Å². The van der Waals surface area contributed by atoms with Crippen LogP contribution in [0.15, 0.2) is 41.4 Å². The summed E-state index contributed by atoms with van der Waals surface area (Å²) in [6.45, 7) is 1.01. The van der Waals surface area contributed by atoms with Crippen LogP contribution in [-0.4, -0.2) is 31.4 Å². The number of nitrogens with one attached hydrogen (secondary N) is 2. The molecule has 30 heavy (non-hydrogen) atoms. The fourth-order valence-electron chi connectivity index (χ4n) is 3.64. The molecule has 158 valence electrons. The zero-order valence-electron chi connectivity index (χ0n) is 15.8. The molecule has 2 aromatic carbocycles. The number of rotatable bonds is 4. The van der Waals surface area contributed by atoms with Crippen LogP contribution in [-0.2, 0) is 15.7 Å². The SMILES string of the molecule is O=C1Nc2cccc(F)c2C1C=Nc1ccc(NC2CCOCC2)c(C(F)(F)F)c1. The molecule has 5 nitrogen and oxygen atoms in total. The fourth-order valence-corrected chi connectivity index (χ4v) is 3.64. The van der Waals surface area contributed by atoms with Crippen LogP contribution in [0, 0.1) is 5.82 Å². The molecule has 2 aromatic rings. The Bertz CT molecular complexity index is 985. The Morgan fingerprint density at radius 1 is 1.17 bits per heavy atom. The van der Waals surface area contributed by atoms with E-state index in [0.717, 1.165) is 6.07 Å². The number of nitrogens with zero attached hydrogens (tertiary/aromatic N) is 1. The summed E-state index contributed by atoms with van der Waals surface area (Å²) in [6.07, 6.45) is -2.16. The fraction of sp³-hybridized carbons (Fsp3) is 0.333. The third kappa shape index (κ3) is 4.16. The molecular formula is C21H19F4N3O2. The molecule has 0 aromatic heterocycles. The van der Waals surface area contributed by atoms with E-state index in [-0.39, 0.29) is 23.0 Å². The first-order valence-electron chi connectivity index (χ1n) is 9.52. The number of carbonyl (C=O) groups is 1. The van der Waals surface area contributed by atoms with Gasteiger partial charge in [0, 0.05) is 42.4 Å². The van der Waals surface area contributed by atoms with Crippen molar-refractivity contribution >= 4 is 29.2 Å². The van der Waals surface area contributed by atoms with Gasteiger partial charge in [-0.05, 0) is 43.2 Å². The smallest absolute Gasteiger partial charge is 0.382 e. The average molecular weight is 421 g/mol. The largest absolute Gasteiger partial charge is 0.418 e. The van der Waals surface area contributed by atoms with Crippen molar-refractivity contribution in [3.8, 4) is 0 Å². The third-order valence-corrected chi connectivity index (χ3v) is 5.17. The van der Waals surface area contributed by atoms with E-state index in [0.29, 0.717) is 31.7 Å². The lowest BCUT2D eigenvalue weighted by molar-refractivity contribution is -0.137. The van der Waals surface area contributed by atoms with Gasteiger partial charge in [-0.15, -0.1) is 0 Å². The molecule has 0 aliphatic carbocycles. The molecule has 9 heteroatoms. The maximum Gasteiger partial charge on any atom is 0.418 e. The zero-order valence-corrected chi connectivity index (χ0v) is 15.8. The second kappa shape index (κ2) is 8.06. The minimum atomic E-state index is -4.58. The van der Waals surface area contributed by atoms with Crippen LogP contribution in [0.25, 0.3) is 0 Å². The van der Waals surface area contributed by atoms with Gasteiger partial charge in [0.2, 0.25) is 5.91 Å². The van der Waals surface area contributed by atoms with Crippen molar-refractivity contribution in [1.82, 2.24) is 0 Å². The number of benzene rings is 2. The highest BCUT2D eigenvalue weighted by Gasteiger charge is 2.35. The molecule has 0 spiro atoms. The average Bonchev–Trinajstić information content (AvgIpc) is 3.03. The van der Waals surface area contributed by atoms with Crippen LogP contribution in [0.3, 0.4) is 0 Å². The molecule has 0 bridgehead atoms. The first-order chi connectivity index (χ1) is 14.3. The van der Waals surface area contributed by atoms with E-state index in [1.54, 1.807) is 6.07 Å². The van der Waals surface area contributed by atoms with Crippen LogP contribution in [0.5, 0.6) is 0 Å². The molecule has 2 N–H and O–H groups in total. The minimum Gasteiger partial charge on any atom is -0.382 e. The molecule has 1 fully saturated rings. The summed E-state index contributed by atoms with van der Waals surface area (Å²) in [5.74, 6) is -2.06. The Kier molecular flexibility index (Phi) is 5.46. The lowest BCUT2D eigenvalue weighted by atomic mass is 10.0. The highest BCUT2D eigenvalue weighted by Crippen LogP contribution is 2.38. The lowest BCUT2D eigenvalue weighted by Gasteiger charge is -2.26. The van der Waals surface area contributed by atoms with Gasteiger partial charge in [-0.1, -0.05) is 6.07 Å². The quantitative estimate of drug-likeness (QED) is 0.547. The molecule has 1 amide bonds. The molecule has 1 atom stereocenters. The number of alkyl halides is 3. The number of aliphatic imine (C=N–C) groups is 1. The second-order valence-corrected chi connectivity index (χ2v) is 7.20. The molecule has 2 aliphatic rings. The second-order valence-electron chi connectivity index (χ2n) is 7.20. The van der Waals surface area contributed by atoms with Crippen molar-refractivity contribution in [2.75, 3.05) is 23.8 Å². The van der Waals surface area contributed by atoms with Crippen molar-refractivity contribution in [3.63, 3.8) is 0 Å². The Labute approximate surface area is 170 Å². The molecule has 0 saturated carbocycles. The van der Waals surface area contributed by atoms with Crippen LogP contribution in [0.1, 0.15) is 29.9 Å². The molecule has 1 saturated heterocycles. The minimum absolute atomic E-state index is 0.0247. The van der Waals surface area contributed by atoms with Gasteiger partial charge in [0.25, 0.3) is 0 Å². The summed E-state index contributed by atoms with van der Waals surface area (Å²) < 4.78 is 60.2. The Morgan fingerprint density at radius 3 is 2.67 bits per heavy atom. The summed E-state index contributed by atoms with van der Waals surface area (Å²) in [5, 5.41) is 5.49. The van der Waals surface area contributed by atoms with Gasteiger partial charge in [0.05, 0.1) is 11.3 Å². The van der Waals surface area contributed by atoms with Gasteiger partial charge in [-0.25, -0.2) is 4.39 Å². The normalized spacial score (nSPS) is 19.7. The number of amides is 1. The molecular weight excluding hydrogens is 402 g/mol. The molecule has 2 heterocycles. The molecule has 4 rings (SSSR count). The van der Waals surface area contributed by atoms with Crippen molar-refractivity contribution in [1.29, 1.82) is 0 Å². The van der Waals surface area contributed by atoms with E-state index in [1.165, 1.54) is 30.5 Å². The Hall–Kier alpha value is -2.94. The van der Waals surface area contributed by atoms with E-state index in [4.69, 9.17) is 4.74 Å². The number of halogens is 4. The number of fused-ring (bicyclic) bond motifs is 1. The number of ether oxygens (including phenoxy) is 1. The van der Waals surface area contributed by atoms with Gasteiger partial charge in [0.15, 0.2) is 0 Å². The van der Waals surface area contributed by atoms with Crippen LogP contribution >= 0.6 is 0 Å². The standard InChI is InChI=1S/C21H19F4N3O2/c22-16-2-1-3-18-19(16)14(20(29)28-18)11-26-13-4-5-17(15(10-13)21(23,24)25)27-12-6-8-30-9-7-12/h1-5,10-12,14,27H,6-9H2,(H,28,29). The lowest BCUT2D eigenvalue weighted by Crippen LogP contribution is -2.28. The van der Waals surface area contributed by atoms with Crippen LogP contribution in [0.2, 0.25) is 0 Å². The van der Waals surface area contributed by atoms with Crippen molar-refractivity contribution in [3.05, 3.63) is 53.3 Å². The van der Waals surface area contributed by atoms with Gasteiger partial charge in [-0.3, -0.25) is 9.79 Å². The Morgan fingerprint density at radius 2 is 1.93 bits per heavy atom. The molecule has 2 aliphatic heterocycles. The predicted octanol–water partition coefficient (Wildman–Crippen LogP) is 4.87. The maximum absolute atomic E-state index is 14.1. The molecule has 1 unspecified atom stereocenters. The summed E-state index contributed by atoms with van der Waals surface area (Å²) >= 11 is 0. The monoisotopic (exact) mass is 421 g/mol. The van der Waals surface area contributed by atoms with Crippen LogP contribution < -0.4 is 10.6 Å². The van der Waals surface area contributed by atoms with Gasteiger partial charge < -0.3 is 15.4 Å². The summed E-state index contributed by atoms with van der Waals surface area (Å²) in [7, 11) is 0. The molecule has 0 radical (unpaired) electrons. The van der Waals surface area contributed by atoms with Gasteiger partial charge >= 0.3 is 6.18 Å². The summed E-state index contributed by atoms with van der Waals surface area (Å²) in [4.78, 5) is 16.2. The number of hydrogen-bond acceptors (Lipinski definition) is 4. The Balaban J connectivity index is 1.60. The van der Waals surface area contributed by atoms with Crippen LogP contribution in [0.4, 0.5) is 34.6 Å². The van der Waals surface area contributed by atoms with Crippen molar-refractivity contribution < 1.29 is 27.1 Å². The highest BCUT2D eigenvalue weighted by atomic mass is 19.4. The maximum atomic E-state index is 14.1. The number of hydrogen-bond donors (Lipinski definition) is 2. The topological polar surface area (TPSA) is 62.7 Å². The zero-order chi connectivity index (χ0) is 21.3. The van der Waals surface area contributed by atoms with E-state index < -0.39 is 29.4 Å². The third-order valence-electron chi connectivity index (χ3n) is 5.17. The summed E-state index contributed by atoms with van der Waals surface area (Å²) in [6, 6.07) is 7.83. The van der Waals surface area contributed by atoms with E-state index in [2.05, 4.69) is 15.6 Å². The number of anilines is 2. The summed E-state index contributed by atoms with van der Waals surface area (Å²) in [5.41, 5.74) is -0.365.